The van der Waals surface area contributed by atoms with E-state index in [1.807, 2.05) is 0 Å². The van der Waals surface area contributed by atoms with E-state index in [0.717, 1.165) is 51.5 Å². The van der Waals surface area contributed by atoms with Gasteiger partial charge < -0.3 is 25.2 Å². The van der Waals surface area contributed by atoms with Crippen molar-refractivity contribution in [2.45, 2.75) is 31.7 Å². The summed E-state index contributed by atoms with van der Waals surface area (Å²) < 4.78 is 5.16. The molecule has 0 amide bonds. The zero-order chi connectivity index (χ0) is 17.1. The van der Waals surface area contributed by atoms with Gasteiger partial charge in [0.15, 0.2) is 0 Å². The standard InChI is InChI=1S/C18H30N6O/c1-25-13-8-20-18-21-16-3-7-19-6-2-15(16)17(22-18)24-12-11-23-9-4-14(24)5-10-23/h14,19H,2-13H2,1H3,(H,20,21,22). The number of rotatable bonds is 5. The summed E-state index contributed by atoms with van der Waals surface area (Å²) in [7, 11) is 1.72. The number of piperidine rings is 1. The van der Waals surface area contributed by atoms with Crippen LogP contribution in [0.1, 0.15) is 24.1 Å². The molecule has 4 aliphatic heterocycles. The Morgan fingerprint density at radius 3 is 2.80 bits per heavy atom. The summed E-state index contributed by atoms with van der Waals surface area (Å²) in [6, 6.07) is 0.626. The van der Waals surface area contributed by atoms with E-state index in [1.165, 1.54) is 43.0 Å². The maximum Gasteiger partial charge on any atom is 0.224 e. The van der Waals surface area contributed by atoms with Crippen LogP contribution in [0.4, 0.5) is 11.8 Å². The molecular weight excluding hydrogens is 316 g/mol. The molecule has 2 bridgehead atoms. The summed E-state index contributed by atoms with van der Waals surface area (Å²) in [5, 5.41) is 6.86. The van der Waals surface area contributed by atoms with E-state index >= 15 is 0 Å². The average Bonchev–Trinajstić information content (AvgIpc) is 3.07. The summed E-state index contributed by atoms with van der Waals surface area (Å²) in [6.45, 7) is 8.12. The van der Waals surface area contributed by atoms with Gasteiger partial charge in [-0.1, -0.05) is 0 Å². The van der Waals surface area contributed by atoms with Gasteiger partial charge in [0.05, 0.1) is 12.3 Å². The number of methoxy groups -OCH3 is 1. The van der Waals surface area contributed by atoms with Gasteiger partial charge in [-0.3, -0.25) is 0 Å². The van der Waals surface area contributed by atoms with Gasteiger partial charge in [0, 0.05) is 64.4 Å². The summed E-state index contributed by atoms with van der Waals surface area (Å²) >= 11 is 0. The topological polar surface area (TPSA) is 65.5 Å². The van der Waals surface area contributed by atoms with E-state index < -0.39 is 0 Å². The first-order chi connectivity index (χ1) is 12.3. The maximum atomic E-state index is 5.16. The molecular formula is C18H30N6O. The number of ether oxygens (including phenoxy) is 1. The lowest BCUT2D eigenvalue weighted by molar-refractivity contribution is 0.210. The minimum atomic E-state index is 0.626. The summed E-state index contributed by atoms with van der Waals surface area (Å²) in [6.07, 6.45) is 4.51. The third-order valence-corrected chi connectivity index (χ3v) is 5.68. The summed E-state index contributed by atoms with van der Waals surface area (Å²) in [4.78, 5) is 15.0. The zero-order valence-electron chi connectivity index (χ0n) is 15.3. The van der Waals surface area contributed by atoms with E-state index in [1.54, 1.807) is 7.11 Å². The summed E-state index contributed by atoms with van der Waals surface area (Å²) in [5.74, 6) is 1.94. The Morgan fingerprint density at radius 1 is 1.12 bits per heavy atom. The molecule has 0 radical (unpaired) electrons. The SMILES string of the molecule is COCCNc1nc2c(c(N3CCN4CCC3CC4)n1)CCNCC2. The molecule has 7 heteroatoms. The van der Waals surface area contributed by atoms with Gasteiger partial charge in [-0.25, -0.2) is 4.98 Å². The lowest BCUT2D eigenvalue weighted by atomic mass is 10.0. The molecule has 0 unspecified atom stereocenters. The third kappa shape index (κ3) is 3.73. The van der Waals surface area contributed by atoms with Crippen molar-refractivity contribution in [2.75, 3.05) is 69.7 Å². The first-order valence-corrected chi connectivity index (χ1v) is 9.67. The van der Waals surface area contributed by atoms with Crippen LogP contribution in [0.25, 0.3) is 0 Å². The van der Waals surface area contributed by atoms with Gasteiger partial charge in [0.25, 0.3) is 0 Å². The molecule has 0 saturated carbocycles. The molecule has 1 aromatic rings. The second kappa shape index (κ2) is 7.85. The fourth-order valence-corrected chi connectivity index (χ4v) is 4.27. The highest BCUT2D eigenvalue weighted by Crippen LogP contribution is 2.31. The van der Waals surface area contributed by atoms with Crippen LogP contribution < -0.4 is 15.5 Å². The number of fused-ring (bicyclic) bond motifs is 5. The molecule has 138 valence electrons. The predicted octanol–water partition coefficient (Wildman–Crippen LogP) is 0.508. The van der Waals surface area contributed by atoms with Crippen molar-refractivity contribution in [3.8, 4) is 0 Å². The molecule has 0 atom stereocenters. The molecule has 5 heterocycles. The van der Waals surface area contributed by atoms with Crippen molar-refractivity contribution in [2.24, 2.45) is 0 Å². The molecule has 5 rings (SSSR count). The van der Waals surface area contributed by atoms with E-state index in [-0.39, 0.29) is 0 Å². The highest BCUT2D eigenvalue weighted by Gasteiger charge is 2.32. The molecule has 0 spiro atoms. The van der Waals surface area contributed by atoms with Crippen molar-refractivity contribution >= 4 is 11.8 Å². The molecule has 3 saturated heterocycles. The third-order valence-electron chi connectivity index (χ3n) is 5.68. The van der Waals surface area contributed by atoms with E-state index in [4.69, 9.17) is 14.7 Å². The van der Waals surface area contributed by atoms with Gasteiger partial charge in [-0.15, -0.1) is 0 Å². The van der Waals surface area contributed by atoms with E-state index in [2.05, 4.69) is 20.4 Å². The molecule has 3 fully saturated rings. The number of nitrogens with zero attached hydrogens (tertiary/aromatic N) is 4. The van der Waals surface area contributed by atoms with Gasteiger partial charge in [0.2, 0.25) is 5.95 Å². The van der Waals surface area contributed by atoms with Gasteiger partial charge >= 0.3 is 0 Å². The maximum absolute atomic E-state index is 5.16. The highest BCUT2D eigenvalue weighted by atomic mass is 16.5. The number of nitrogens with one attached hydrogen (secondary N) is 2. The molecule has 4 aliphatic rings. The Morgan fingerprint density at radius 2 is 1.96 bits per heavy atom. The Hall–Kier alpha value is -1.44. The molecule has 1 aromatic heterocycles. The molecule has 7 nitrogen and oxygen atoms in total. The first kappa shape index (κ1) is 17.0. The van der Waals surface area contributed by atoms with Gasteiger partial charge in [0.1, 0.15) is 5.82 Å². The Labute approximate surface area is 150 Å². The Bertz CT molecular complexity index is 587. The molecule has 0 aliphatic carbocycles. The lowest BCUT2D eigenvalue weighted by Gasteiger charge is -2.33. The normalized spacial score (nSPS) is 26.0. The van der Waals surface area contributed by atoms with Crippen LogP contribution in [0.15, 0.2) is 0 Å². The van der Waals surface area contributed by atoms with Crippen LogP contribution in [0.3, 0.4) is 0 Å². The van der Waals surface area contributed by atoms with Crippen LogP contribution in [0.5, 0.6) is 0 Å². The van der Waals surface area contributed by atoms with Crippen molar-refractivity contribution in [1.29, 1.82) is 0 Å². The summed E-state index contributed by atoms with van der Waals surface area (Å²) in [5.41, 5.74) is 2.58. The number of hydrogen-bond donors (Lipinski definition) is 2. The number of hydrogen-bond acceptors (Lipinski definition) is 7. The fourth-order valence-electron chi connectivity index (χ4n) is 4.27. The smallest absolute Gasteiger partial charge is 0.224 e. The van der Waals surface area contributed by atoms with Crippen LogP contribution in [0, 0.1) is 0 Å². The van der Waals surface area contributed by atoms with Crippen LogP contribution in [-0.4, -0.2) is 80.4 Å². The zero-order valence-corrected chi connectivity index (χ0v) is 15.3. The molecule has 0 aromatic carbocycles. The number of anilines is 2. The largest absolute Gasteiger partial charge is 0.383 e. The van der Waals surface area contributed by atoms with Crippen molar-refractivity contribution < 1.29 is 4.74 Å². The van der Waals surface area contributed by atoms with Crippen LogP contribution in [0.2, 0.25) is 0 Å². The van der Waals surface area contributed by atoms with E-state index in [9.17, 15) is 0 Å². The monoisotopic (exact) mass is 346 g/mol. The van der Waals surface area contributed by atoms with Crippen molar-refractivity contribution in [3.05, 3.63) is 11.3 Å². The first-order valence-electron chi connectivity index (χ1n) is 9.67. The molecule has 2 N–H and O–H groups in total. The number of aromatic nitrogens is 2. The second-order valence-corrected chi connectivity index (χ2v) is 7.23. The molecule has 25 heavy (non-hydrogen) atoms. The van der Waals surface area contributed by atoms with Crippen molar-refractivity contribution in [1.82, 2.24) is 20.2 Å². The van der Waals surface area contributed by atoms with Crippen LogP contribution >= 0.6 is 0 Å². The van der Waals surface area contributed by atoms with Crippen molar-refractivity contribution in [3.63, 3.8) is 0 Å². The quantitative estimate of drug-likeness (QED) is 0.753. The predicted molar refractivity (Wildman–Crippen MR) is 99.5 cm³/mol. The highest BCUT2D eigenvalue weighted by molar-refractivity contribution is 5.54. The fraction of sp³-hybridized carbons (Fsp3) is 0.778. The van der Waals surface area contributed by atoms with Gasteiger partial charge in [-0.2, -0.15) is 4.98 Å². The lowest BCUT2D eigenvalue weighted by Crippen LogP contribution is -2.39. The average molecular weight is 346 g/mol. The van der Waals surface area contributed by atoms with Gasteiger partial charge in [-0.05, 0) is 25.8 Å². The Kier molecular flexibility index (Phi) is 5.33. The minimum Gasteiger partial charge on any atom is -0.383 e. The minimum absolute atomic E-state index is 0.626. The van der Waals surface area contributed by atoms with E-state index in [0.29, 0.717) is 12.6 Å². The second-order valence-electron chi connectivity index (χ2n) is 7.23. The van der Waals surface area contributed by atoms with Crippen LogP contribution in [-0.2, 0) is 17.6 Å². The Balaban J connectivity index is 1.67.